The first kappa shape index (κ1) is 16.9. The minimum atomic E-state index is -0.760. The number of rotatable bonds is 1. The third kappa shape index (κ3) is 2.60. The maximum Gasteiger partial charge on any atom is 0.335 e. The van der Waals surface area contributed by atoms with E-state index in [4.69, 9.17) is 18.9 Å². The number of carbonyl (C=O) groups excluding carboxylic acids is 2. The monoisotopic (exact) mass is 372 g/mol. The SMILES string of the molecule is CC1(C)O[C@@H]2[C@H](O1)[C@H]1CO[C@H]3C=CN(C(=O)c4ccccc4)C(=O)N3[C@@H]2O1. The number of urea groups is 1. The van der Waals surface area contributed by atoms with Gasteiger partial charge in [-0.25, -0.2) is 9.69 Å². The van der Waals surface area contributed by atoms with Crippen LogP contribution in [0.1, 0.15) is 24.2 Å². The molecule has 4 aliphatic rings. The number of ether oxygens (including phenoxy) is 4. The zero-order valence-corrected chi connectivity index (χ0v) is 15.0. The van der Waals surface area contributed by atoms with Crippen molar-refractivity contribution in [3.8, 4) is 0 Å². The van der Waals surface area contributed by atoms with Crippen LogP contribution in [0.4, 0.5) is 4.79 Å². The van der Waals surface area contributed by atoms with Gasteiger partial charge in [0, 0.05) is 11.8 Å². The molecule has 8 nitrogen and oxygen atoms in total. The summed E-state index contributed by atoms with van der Waals surface area (Å²) < 4.78 is 23.8. The lowest BCUT2D eigenvalue weighted by Gasteiger charge is -2.39. The second kappa shape index (κ2) is 5.87. The van der Waals surface area contributed by atoms with Crippen LogP contribution in [-0.4, -0.2) is 64.9 Å². The predicted molar refractivity (Wildman–Crippen MR) is 91.2 cm³/mol. The fourth-order valence-corrected chi connectivity index (χ4v) is 4.02. The molecule has 4 heterocycles. The summed E-state index contributed by atoms with van der Waals surface area (Å²) >= 11 is 0. The van der Waals surface area contributed by atoms with Crippen LogP contribution in [0.2, 0.25) is 0 Å². The summed E-state index contributed by atoms with van der Waals surface area (Å²) in [4.78, 5) is 28.5. The van der Waals surface area contributed by atoms with Gasteiger partial charge in [0.25, 0.3) is 5.91 Å². The molecule has 0 spiro atoms. The maximum absolute atomic E-state index is 13.2. The molecule has 0 aromatic heterocycles. The highest BCUT2D eigenvalue weighted by molar-refractivity contribution is 6.05. The topological polar surface area (TPSA) is 77.5 Å². The molecule has 3 amide bonds. The Hall–Kier alpha value is -2.26. The summed E-state index contributed by atoms with van der Waals surface area (Å²) in [6.45, 7) is 3.94. The Labute approximate surface area is 156 Å². The van der Waals surface area contributed by atoms with Gasteiger partial charge in [0.2, 0.25) is 0 Å². The van der Waals surface area contributed by atoms with Crippen LogP contribution < -0.4 is 0 Å². The molecule has 0 saturated carbocycles. The zero-order chi connectivity index (χ0) is 18.8. The van der Waals surface area contributed by atoms with Crippen molar-refractivity contribution < 1.29 is 28.5 Å². The third-order valence-corrected chi connectivity index (χ3v) is 5.17. The van der Waals surface area contributed by atoms with Crippen molar-refractivity contribution in [3.63, 3.8) is 0 Å². The van der Waals surface area contributed by atoms with Crippen molar-refractivity contribution >= 4 is 11.9 Å². The summed E-state index contributed by atoms with van der Waals surface area (Å²) in [6.07, 6.45) is 0.779. The highest BCUT2D eigenvalue weighted by Gasteiger charge is 2.60. The predicted octanol–water partition coefficient (Wildman–Crippen LogP) is 1.68. The molecule has 8 heteroatoms. The Kier molecular flexibility index (Phi) is 3.67. The number of amides is 3. The Morgan fingerprint density at radius 3 is 2.67 bits per heavy atom. The van der Waals surface area contributed by atoms with Gasteiger partial charge in [-0.05, 0) is 32.1 Å². The zero-order valence-electron chi connectivity index (χ0n) is 15.0. The first-order chi connectivity index (χ1) is 12.9. The molecule has 0 aliphatic carbocycles. The van der Waals surface area contributed by atoms with Crippen molar-refractivity contribution in [3.05, 3.63) is 48.2 Å². The molecule has 0 N–H and O–H groups in total. The summed E-state index contributed by atoms with van der Waals surface area (Å²) in [5.74, 6) is -1.17. The number of carbonyl (C=O) groups is 2. The van der Waals surface area contributed by atoms with E-state index in [1.807, 2.05) is 19.9 Å². The van der Waals surface area contributed by atoms with Crippen LogP contribution in [0, 0.1) is 0 Å². The van der Waals surface area contributed by atoms with Crippen molar-refractivity contribution in [1.82, 2.24) is 9.80 Å². The number of imide groups is 1. The first-order valence-corrected chi connectivity index (χ1v) is 8.96. The van der Waals surface area contributed by atoms with Crippen LogP contribution in [0.5, 0.6) is 0 Å². The van der Waals surface area contributed by atoms with E-state index in [1.54, 1.807) is 30.3 Å². The molecule has 3 saturated heterocycles. The van der Waals surface area contributed by atoms with E-state index < -0.39 is 36.3 Å². The Morgan fingerprint density at radius 2 is 1.89 bits per heavy atom. The molecule has 0 radical (unpaired) electrons. The van der Waals surface area contributed by atoms with Gasteiger partial charge in [-0.1, -0.05) is 18.2 Å². The Bertz CT molecular complexity index is 810. The van der Waals surface area contributed by atoms with Crippen LogP contribution >= 0.6 is 0 Å². The molecule has 1 aromatic rings. The van der Waals surface area contributed by atoms with E-state index in [1.165, 1.54) is 11.1 Å². The molecule has 2 bridgehead atoms. The van der Waals surface area contributed by atoms with Gasteiger partial charge in [0.05, 0.1) is 6.61 Å². The van der Waals surface area contributed by atoms with E-state index in [9.17, 15) is 9.59 Å². The highest BCUT2D eigenvalue weighted by Crippen LogP contribution is 2.43. The fraction of sp³-hybridized carbons (Fsp3) is 0.474. The number of hydrogen-bond acceptors (Lipinski definition) is 6. The average Bonchev–Trinajstić information content (AvgIpc) is 3.04. The second-order valence-electron chi connectivity index (χ2n) is 7.43. The molecule has 0 unspecified atom stereocenters. The number of benzene rings is 1. The standard InChI is InChI=1S/C19H20N2O6/c1-19(2)26-14-12-10-24-13-8-9-20(16(22)11-6-4-3-5-7-11)18(23)21(13)17(25-12)15(14)27-19/h3-9,12-15,17H,10H2,1-2H3/t12-,13+,14-,15-,17-/m1/s1. The van der Waals surface area contributed by atoms with E-state index in [2.05, 4.69) is 0 Å². The van der Waals surface area contributed by atoms with Crippen LogP contribution in [0.15, 0.2) is 42.6 Å². The molecule has 5 atom stereocenters. The van der Waals surface area contributed by atoms with Gasteiger partial charge in [0.1, 0.15) is 18.3 Å². The Balaban J connectivity index is 1.46. The minimum absolute atomic E-state index is 0.280. The molecule has 3 fully saturated rings. The maximum atomic E-state index is 13.2. The average molecular weight is 372 g/mol. The molecular weight excluding hydrogens is 352 g/mol. The largest absolute Gasteiger partial charge is 0.352 e. The van der Waals surface area contributed by atoms with E-state index >= 15 is 0 Å². The van der Waals surface area contributed by atoms with Crippen LogP contribution in [0.3, 0.4) is 0 Å². The lowest BCUT2D eigenvalue weighted by atomic mass is 10.1. The smallest absolute Gasteiger partial charge is 0.335 e. The quantitative estimate of drug-likeness (QED) is 0.747. The van der Waals surface area contributed by atoms with Gasteiger partial charge in [0.15, 0.2) is 18.2 Å². The molecule has 27 heavy (non-hydrogen) atoms. The van der Waals surface area contributed by atoms with Gasteiger partial charge in [-0.3, -0.25) is 9.69 Å². The van der Waals surface area contributed by atoms with Crippen molar-refractivity contribution in [1.29, 1.82) is 0 Å². The summed E-state index contributed by atoms with van der Waals surface area (Å²) in [6, 6.07) is 8.16. The first-order valence-electron chi connectivity index (χ1n) is 8.96. The Morgan fingerprint density at radius 1 is 1.15 bits per heavy atom. The van der Waals surface area contributed by atoms with E-state index in [-0.39, 0.29) is 18.8 Å². The van der Waals surface area contributed by atoms with Crippen LogP contribution in [0.25, 0.3) is 0 Å². The van der Waals surface area contributed by atoms with E-state index in [0.717, 1.165) is 4.90 Å². The van der Waals surface area contributed by atoms with Crippen molar-refractivity contribution in [2.75, 3.05) is 6.61 Å². The van der Waals surface area contributed by atoms with Gasteiger partial charge in [-0.2, -0.15) is 0 Å². The lowest BCUT2D eigenvalue weighted by molar-refractivity contribution is -0.197. The molecule has 4 aliphatic heterocycles. The minimum Gasteiger partial charge on any atom is -0.352 e. The number of fused-ring (bicyclic) bond motifs is 7. The van der Waals surface area contributed by atoms with Gasteiger partial charge in [-0.15, -0.1) is 0 Å². The lowest BCUT2D eigenvalue weighted by Crippen LogP contribution is -2.58. The summed E-state index contributed by atoms with van der Waals surface area (Å²) in [5.41, 5.74) is 0.425. The number of nitrogens with zero attached hydrogens (tertiary/aromatic N) is 2. The summed E-state index contributed by atoms with van der Waals surface area (Å²) in [7, 11) is 0. The van der Waals surface area contributed by atoms with Gasteiger partial charge < -0.3 is 18.9 Å². The fourth-order valence-electron chi connectivity index (χ4n) is 4.02. The van der Waals surface area contributed by atoms with Crippen LogP contribution in [-0.2, 0) is 18.9 Å². The van der Waals surface area contributed by atoms with Crippen molar-refractivity contribution in [2.45, 2.75) is 50.4 Å². The normalized spacial score (nSPS) is 36.4. The number of hydrogen-bond donors (Lipinski definition) is 0. The third-order valence-electron chi connectivity index (χ3n) is 5.17. The highest BCUT2D eigenvalue weighted by atomic mass is 16.8. The van der Waals surface area contributed by atoms with E-state index in [0.29, 0.717) is 5.56 Å². The van der Waals surface area contributed by atoms with Gasteiger partial charge >= 0.3 is 6.03 Å². The molecule has 142 valence electrons. The summed E-state index contributed by atoms with van der Waals surface area (Å²) in [5, 5.41) is 0. The second-order valence-corrected chi connectivity index (χ2v) is 7.43. The van der Waals surface area contributed by atoms with Crippen molar-refractivity contribution in [2.24, 2.45) is 0 Å². The molecular formula is C19H20N2O6. The molecule has 5 rings (SSSR count). The molecule has 1 aromatic carbocycles.